The van der Waals surface area contributed by atoms with Gasteiger partial charge in [0, 0.05) is 12.0 Å². The molecule has 1 aliphatic heterocycles. The normalized spacial score (nSPS) is 16.2. The number of hydrogen-bond acceptors (Lipinski definition) is 3. The van der Waals surface area contributed by atoms with E-state index < -0.39 is 0 Å². The van der Waals surface area contributed by atoms with E-state index >= 15 is 0 Å². The monoisotopic (exact) mass is 257 g/mol. The predicted octanol–water partition coefficient (Wildman–Crippen LogP) is 3.38. The molecule has 0 saturated heterocycles. The molecule has 0 aliphatic carbocycles. The van der Waals surface area contributed by atoms with E-state index in [1.807, 2.05) is 13.1 Å². The van der Waals surface area contributed by atoms with Crippen molar-refractivity contribution < 1.29 is 9.15 Å². The minimum atomic E-state index is -0.0921. The van der Waals surface area contributed by atoms with E-state index in [1.165, 1.54) is 11.1 Å². The van der Waals surface area contributed by atoms with Crippen molar-refractivity contribution >= 4 is 0 Å². The van der Waals surface area contributed by atoms with Gasteiger partial charge in [0.25, 0.3) is 0 Å². The summed E-state index contributed by atoms with van der Waals surface area (Å²) in [6, 6.07) is 8.41. The fourth-order valence-electron chi connectivity index (χ4n) is 2.67. The van der Waals surface area contributed by atoms with Crippen LogP contribution in [0.4, 0.5) is 0 Å². The van der Waals surface area contributed by atoms with Crippen LogP contribution < -0.4 is 10.1 Å². The fourth-order valence-corrected chi connectivity index (χ4v) is 2.67. The topological polar surface area (TPSA) is 34.4 Å². The Morgan fingerprint density at radius 1 is 1.26 bits per heavy atom. The van der Waals surface area contributed by atoms with Gasteiger partial charge in [-0.2, -0.15) is 0 Å². The fraction of sp³-hybridized carbons (Fsp3) is 0.375. The molecular formula is C16H19NO2. The van der Waals surface area contributed by atoms with Gasteiger partial charge in [-0.25, -0.2) is 0 Å². The molecule has 100 valence electrons. The molecule has 0 bridgehead atoms. The molecular weight excluding hydrogens is 238 g/mol. The molecule has 0 amide bonds. The SMILES string of the molecule is CNCc1occc1-c1ccc2c(c1)CC(C)(C)O2. The maximum Gasteiger partial charge on any atom is 0.125 e. The molecule has 0 atom stereocenters. The van der Waals surface area contributed by atoms with E-state index in [0.29, 0.717) is 0 Å². The average Bonchev–Trinajstić information content (AvgIpc) is 2.90. The molecule has 3 rings (SSSR count). The zero-order valence-electron chi connectivity index (χ0n) is 11.6. The van der Waals surface area contributed by atoms with Crippen LogP contribution in [0.25, 0.3) is 11.1 Å². The molecule has 3 heteroatoms. The zero-order valence-corrected chi connectivity index (χ0v) is 11.6. The third kappa shape index (κ3) is 2.26. The van der Waals surface area contributed by atoms with Gasteiger partial charge in [0.05, 0.1) is 12.8 Å². The van der Waals surface area contributed by atoms with Crippen LogP contribution in [0.5, 0.6) is 5.75 Å². The Hall–Kier alpha value is -1.74. The molecule has 0 radical (unpaired) electrons. The standard InChI is InChI=1S/C16H19NO2/c1-16(2)9-12-8-11(4-5-14(12)19-16)13-6-7-18-15(13)10-17-3/h4-8,17H,9-10H2,1-3H3. The number of nitrogens with one attached hydrogen (secondary N) is 1. The van der Waals surface area contributed by atoms with Gasteiger partial charge in [-0.05, 0) is 50.2 Å². The van der Waals surface area contributed by atoms with Crippen molar-refractivity contribution in [2.24, 2.45) is 0 Å². The van der Waals surface area contributed by atoms with E-state index in [4.69, 9.17) is 9.15 Å². The average molecular weight is 257 g/mol. The first-order chi connectivity index (χ1) is 9.09. The lowest BCUT2D eigenvalue weighted by Crippen LogP contribution is -2.24. The molecule has 2 aromatic rings. The molecule has 2 heterocycles. The highest BCUT2D eigenvalue weighted by Crippen LogP contribution is 2.38. The van der Waals surface area contributed by atoms with Gasteiger partial charge in [-0.3, -0.25) is 0 Å². The van der Waals surface area contributed by atoms with Crippen molar-refractivity contribution in [2.45, 2.75) is 32.4 Å². The maximum atomic E-state index is 5.91. The van der Waals surface area contributed by atoms with Gasteiger partial charge in [0.1, 0.15) is 17.1 Å². The molecule has 0 spiro atoms. The lowest BCUT2D eigenvalue weighted by molar-refractivity contribution is 0.138. The van der Waals surface area contributed by atoms with Crippen molar-refractivity contribution in [3.63, 3.8) is 0 Å². The van der Waals surface area contributed by atoms with Gasteiger partial charge in [-0.15, -0.1) is 0 Å². The number of fused-ring (bicyclic) bond motifs is 1. The summed E-state index contributed by atoms with van der Waals surface area (Å²) in [5, 5.41) is 3.13. The second kappa shape index (κ2) is 4.42. The Labute approximate surface area is 113 Å². The molecule has 19 heavy (non-hydrogen) atoms. The van der Waals surface area contributed by atoms with Crippen molar-refractivity contribution in [3.8, 4) is 16.9 Å². The van der Waals surface area contributed by atoms with Gasteiger partial charge >= 0.3 is 0 Å². The first kappa shape index (κ1) is 12.3. The number of hydrogen-bond donors (Lipinski definition) is 1. The van der Waals surface area contributed by atoms with Crippen LogP contribution in [0.3, 0.4) is 0 Å². The van der Waals surface area contributed by atoms with Crippen LogP contribution >= 0.6 is 0 Å². The van der Waals surface area contributed by atoms with Crippen molar-refractivity contribution in [1.82, 2.24) is 5.32 Å². The zero-order chi connectivity index (χ0) is 13.5. The van der Waals surface area contributed by atoms with E-state index in [9.17, 15) is 0 Å². The largest absolute Gasteiger partial charge is 0.487 e. The van der Waals surface area contributed by atoms with E-state index in [-0.39, 0.29) is 5.60 Å². The van der Waals surface area contributed by atoms with Gasteiger partial charge in [0.2, 0.25) is 0 Å². The number of ether oxygens (including phenoxy) is 1. The molecule has 1 aromatic heterocycles. The van der Waals surface area contributed by atoms with E-state index in [1.54, 1.807) is 6.26 Å². The number of benzene rings is 1. The van der Waals surface area contributed by atoms with Crippen molar-refractivity contribution in [2.75, 3.05) is 7.05 Å². The molecule has 1 aliphatic rings. The van der Waals surface area contributed by atoms with Crippen LogP contribution in [0.2, 0.25) is 0 Å². The summed E-state index contributed by atoms with van der Waals surface area (Å²) < 4.78 is 11.4. The first-order valence-corrected chi connectivity index (χ1v) is 6.62. The Morgan fingerprint density at radius 2 is 2.11 bits per heavy atom. The lowest BCUT2D eigenvalue weighted by Gasteiger charge is -2.16. The first-order valence-electron chi connectivity index (χ1n) is 6.62. The summed E-state index contributed by atoms with van der Waals surface area (Å²) >= 11 is 0. The summed E-state index contributed by atoms with van der Waals surface area (Å²) in [6.45, 7) is 4.98. The Balaban J connectivity index is 1.98. The molecule has 1 N–H and O–H groups in total. The highest BCUT2D eigenvalue weighted by Gasteiger charge is 2.30. The molecule has 0 saturated carbocycles. The van der Waals surface area contributed by atoms with Crippen LogP contribution in [0.15, 0.2) is 34.9 Å². The molecule has 0 unspecified atom stereocenters. The van der Waals surface area contributed by atoms with Crippen LogP contribution in [0, 0.1) is 0 Å². The van der Waals surface area contributed by atoms with Gasteiger partial charge in [-0.1, -0.05) is 6.07 Å². The summed E-state index contributed by atoms with van der Waals surface area (Å²) in [6.07, 6.45) is 2.70. The van der Waals surface area contributed by atoms with Crippen molar-refractivity contribution in [1.29, 1.82) is 0 Å². The van der Waals surface area contributed by atoms with Gasteiger partial charge < -0.3 is 14.5 Å². The number of furan rings is 1. The molecule has 1 aromatic carbocycles. The lowest BCUT2D eigenvalue weighted by atomic mass is 9.98. The predicted molar refractivity (Wildman–Crippen MR) is 75.3 cm³/mol. The molecule has 3 nitrogen and oxygen atoms in total. The van der Waals surface area contributed by atoms with E-state index in [0.717, 1.165) is 30.0 Å². The Bertz CT molecular complexity index is 599. The summed E-state index contributed by atoms with van der Waals surface area (Å²) in [5.41, 5.74) is 3.53. The minimum absolute atomic E-state index is 0.0921. The quantitative estimate of drug-likeness (QED) is 0.915. The second-order valence-corrected chi connectivity index (χ2v) is 5.65. The van der Waals surface area contributed by atoms with Crippen LogP contribution in [-0.4, -0.2) is 12.6 Å². The number of rotatable bonds is 3. The minimum Gasteiger partial charge on any atom is -0.487 e. The van der Waals surface area contributed by atoms with Crippen LogP contribution in [0.1, 0.15) is 25.2 Å². The third-order valence-electron chi connectivity index (χ3n) is 3.46. The van der Waals surface area contributed by atoms with Crippen LogP contribution in [-0.2, 0) is 13.0 Å². The van der Waals surface area contributed by atoms with E-state index in [2.05, 4.69) is 37.4 Å². The highest BCUT2D eigenvalue weighted by atomic mass is 16.5. The molecule has 0 fully saturated rings. The summed E-state index contributed by atoms with van der Waals surface area (Å²) in [4.78, 5) is 0. The van der Waals surface area contributed by atoms with Crippen molar-refractivity contribution in [3.05, 3.63) is 41.9 Å². The maximum absolute atomic E-state index is 5.91. The summed E-state index contributed by atoms with van der Waals surface area (Å²) in [5.74, 6) is 1.98. The Kier molecular flexibility index (Phi) is 2.86. The second-order valence-electron chi connectivity index (χ2n) is 5.65. The third-order valence-corrected chi connectivity index (χ3v) is 3.46. The summed E-state index contributed by atoms with van der Waals surface area (Å²) in [7, 11) is 1.92. The Morgan fingerprint density at radius 3 is 2.89 bits per heavy atom. The smallest absolute Gasteiger partial charge is 0.125 e. The van der Waals surface area contributed by atoms with Gasteiger partial charge in [0.15, 0.2) is 0 Å². The highest BCUT2D eigenvalue weighted by molar-refractivity contribution is 5.68.